The molecule has 106 valence electrons. The average molecular weight is 289 g/mol. The number of hydrogen-bond donors (Lipinski definition) is 1. The van der Waals surface area contributed by atoms with Gasteiger partial charge in [-0.1, -0.05) is 0 Å². The van der Waals surface area contributed by atoms with Crippen molar-refractivity contribution in [2.24, 2.45) is 0 Å². The van der Waals surface area contributed by atoms with Crippen LogP contribution in [0.15, 0.2) is 23.3 Å². The molecule has 0 fully saturated rings. The first-order chi connectivity index (χ1) is 9.65. The number of nitrogens with one attached hydrogen (secondary N) is 1. The summed E-state index contributed by atoms with van der Waals surface area (Å²) < 4.78 is 1.70. The first-order valence-electron chi connectivity index (χ1n) is 7.06. The highest BCUT2D eigenvalue weighted by Gasteiger charge is 2.15. The maximum Gasteiger partial charge on any atom is 0.293 e. The summed E-state index contributed by atoms with van der Waals surface area (Å²) in [5.74, 6) is 0.440. The number of thiophene rings is 1. The summed E-state index contributed by atoms with van der Waals surface area (Å²) in [5, 5.41) is 3.18. The molecule has 1 aliphatic rings. The number of nitrogens with zero attached hydrogens (tertiary/aromatic N) is 2. The van der Waals surface area contributed by atoms with Gasteiger partial charge in [-0.3, -0.25) is 4.79 Å². The Morgan fingerprint density at radius 3 is 3.05 bits per heavy atom. The van der Waals surface area contributed by atoms with Crippen LogP contribution in [0.2, 0.25) is 0 Å². The highest BCUT2D eigenvalue weighted by molar-refractivity contribution is 7.12. The fraction of sp³-hybridized carbons (Fsp3) is 0.467. The van der Waals surface area contributed by atoms with Crippen molar-refractivity contribution in [1.29, 1.82) is 0 Å². The van der Waals surface area contributed by atoms with Crippen LogP contribution in [0.25, 0.3) is 0 Å². The van der Waals surface area contributed by atoms with Crippen LogP contribution >= 0.6 is 11.3 Å². The Morgan fingerprint density at radius 2 is 2.30 bits per heavy atom. The molecule has 2 heterocycles. The molecule has 0 aromatic carbocycles. The number of aromatic nitrogens is 2. The van der Waals surface area contributed by atoms with E-state index >= 15 is 0 Å². The van der Waals surface area contributed by atoms with E-state index in [1.165, 1.54) is 34.6 Å². The van der Waals surface area contributed by atoms with Crippen molar-refractivity contribution < 1.29 is 0 Å². The first kappa shape index (κ1) is 13.4. The minimum absolute atomic E-state index is 0.0494. The van der Waals surface area contributed by atoms with Crippen LogP contribution in [-0.2, 0) is 19.4 Å². The van der Waals surface area contributed by atoms with Crippen LogP contribution in [-0.4, -0.2) is 9.55 Å². The molecule has 3 rings (SSSR count). The topological polar surface area (TPSA) is 46.9 Å². The Morgan fingerprint density at radius 1 is 1.45 bits per heavy atom. The van der Waals surface area contributed by atoms with E-state index in [9.17, 15) is 4.79 Å². The van der Waals surface area contributed by atoms with Gasteiger partial charge in [0.2, 0.25) is 0 Å². The second-order valence-electron chi connectivity index (χ2n) is 5.45. The zero-order valence-corrected chi connectivity index (χ0v) is 12.7. The largest absolute Gasteiger partial charge is 0.361 e. The van der Waals surface area contributed by atoms with Crippen LogP contribution in [0, 0.1) is 0 Å². The molecule has 0 unspecified atom stereocenters. The molecule has 20 heavy (non-hydrogen) atoms. The summed E-state index contributed by atoms with van der Waals surface area (Å²) in [6.07, 6.45) is 7.11. The zero-order chi connectivity index (χ0) is 14.1. The molecule has 0 atom stereocenters. The fourth-order valence-corrected chi connectivity index (χ4v) is 3.80. The van der Waals surface area contributed by atoms with Crippen LogP contribution in [0.3, 0.4) is 0 Å². The molecule has 0 bridgehead atoms. The molecule has 0 aliphatic heterocycles. The third-order valence-corrected chi connectivity index (χ3v) is 4.89. The van der Waals surface area contributed by atoms with E-state index in [-0.39, 0.29) is 11.6 Å². The summed E-state index contributed by atoms with van der Waals surface area (Å²) in [5.41, 5.74) is 1.44. The molecule has 5 heteroatoms. The van der Waals surface area contributed by atoms with E-state index < -0.39 is 0 Å². The Labute approximate surface area is 122 Å². The van der Waals surface area contributed by atoms with Crippen LogP contribution < -0.4 is 10.9 Å². The molecule has 2 aromatic rings. The SMILES string of the molecule is CC(C)n1ccnc(NCc2cc3c(s2)CCC3)c1=O. The Bertz CT molecular complexity index is 650. The third kappa shape index (κ3) is 2.50. The van der Waals surface area contributed by atoms with Crippen LogP contribution in [0.4, 0.5) is 5.82 Å². The molecular weight excluding hydrogens is 270 g/mol. The van der Waals surface area contributed by atoms with Gasteiger partial charge in [0.05, 0.1) is 6.54 Å². The minimum atomic E-state index is -0.0494. The van der Waals surface area contributed by atoms with Crippen LogP contribution in [0.5, 0.6) is 0 Å². The summed E-state index contributed by atoms with van der Waals surface area (Å²) in [4.78, 5) is 19.2. The van der Waals surface area contributed by atoms with Crippen molar-refractivity contribution >= 4 is 17.2 Å². The smallest absolute Gasteiger partial charge is 0.293 e. The summed E-state index contributed by atoms with van der Waals surface area (Å²) in [7, 11) is 0. The first-order valence-corrected chi connectivity index (χ1v) is 7.88. The van der Waals surface area contributed by atoms with Gasteiger partial charge >= 0.3 is 0 Å². The van der Waals surface area contributed by atoms with Crippen LogP contribution in [0.1, 0.15) is 41.6 Å². The van der Waals surface area contributed by atoms with E-state index in [1.807, 2.05) is 25.2 Å². The van der Waals surface area contributed by atoms with Crippen molar-refractivity contribution in [1.82, 2.24) is 9.55 Å². The summed E-state index contributed by atoms with van der Waals surface area (Å²) >= 11 is 1.86. The van der Waals surface area contributed by atoms with E-state index in [1.54, 1.807) is 17.0 Å². The maximum atomic E-state index is 12.2. The summed E-state index contributed by atoms with van der Waals surface area (Å²) in [6.45, 7) is 4.67. The second-order valence-corrected chi connectivity index (χ2v) is 6.67. The zero-order valence-electron chi connectivity index (χ0n) is 11.8. The second kappa shape index (κ2) is 5.40. The number of rotatable bonds is 4. The maximum absolute atomic E-state index is 12.2. The van der Waals surface area contributed by atoms with E-state index in [2.05, 4.69) is 16.4 Å². The summed E-state index contributed by atoms with van der Waals surface area (Å²) in [6, 6.07) is 2.42. The predicted molar refractivity (Wildman–Crippen MR) is 82.6 cm³/mol. The molecule has 1 aliphatic carbocycles. The van der Waals surface area contributed by atoms with E-state index in [0.29, 0.717) is 12.4 Å². The van der Waals surface area contributed by atoms with Crippen molar-refractivity contribution in [2.45, 2.75) is 45.7 Å². The monoisotopic (exact) mass is 289 g/mol. The Kier molecular flexibility index (Phi) is 3.61. The van der Waals surface area contributed by atoms with E-state index in [4.69, 9.17) is 0 Å². The van der Waals surface area contributed by atoms with Gasteiger partial charge in [-0.05, 0) is 44.7 Å². The molecule has 0 saturated carbocycles. The van der Waals surface area contributed by atoms with E-state index in [0.717, 1.165) is 0 Å². The molecule has 2 aromatic heterocycles. The highest BCUT2D eigenvalue weighted by Crippen LogP contribution is 2.30. The minimum Gasteiger partial charge on any atom is -0.361 e. The highest BCUT2D eigenvalue weighted by atomic mass is 32.1. The number of fused-ring (bicyclic) bond motifs is 1. The van der Waals surface area contributed by atoms with Gasteiger partial charge in [0, 0.05) is 28.2 Å². The van der Waals surface area contributed by atoms with Gasteiger partial charge in [0.15, 0.2) is 5.82 Å². The predicted octanol–water partition coefficient (Wildman–Crippen LogP) is 2.99. The Balaban J connectivity index is 1.75. The number of aryl methyl sites for hydroxylation is 2. The molecule has 4 nitrogen and oxygen atoms in total. The molecule has 0 saturated heterocycles. The number of anilines is 1. The van der Waals surface area contributed by atoms with Gasteiger partial charge in [-0.25, -0.2) is 4.98 Å². The van der Waals surface area contributed by atoms with Gasteiger partial charge < -0.3 is 9.88 Å². The Hall–Kier alpha value is -1.62. The van der Waals surface area contributed by atoms with Crippen molar-refractivity contribution in [3.8, 4) is 0 Å². The quantitative estimate of drug-likeness (QED) is 0.941. The molecule has 0 radical (unpaired) electrons. The lowest BCUT2D eigenvalue weighted by Gasteiger charge is -2.11. The molecule has 1 N–H and O–H groups in total. The lowest BCUT2D eigenvalue weighted by Crippen LogP contribution is -2.25. The van der Waals surface area contributed by atoms with Gasteiger partial charge in [0.25, 0.3) is 5.56 Å². The molecule has 0 spiro atoms. The molecule has 0 amide bonds. The standard InChI is InChI=1S/C15H19N3OS/c1-10(2)18-7-6-16-14(15(18)19)17-9-12-8-11-4-3-5-13(11)20-12/h6-8,10H,3-5,9H2,1-2H3,(H,16,17). The van der Waals surface area contributed by atoms with Gasteiger partial charge in [0.1, 0.15) is 0 Å². The van der Waals surface area contributed by atoms with Crippen molar-refractivity contribution in [3.05, 3.63) is 44.1 Å². The van der Waals surface area contributed by atoms with Crippen molar-refractivity contribution in [2.75, 3.05) is 5.32 Å². The lowest BCUT2D eigenvalue weighted by atomic mass is 10.2. The third-order valence-electron chi connectivity index (χ3n) is 3.65. The van der Waals surface area contributed by atoms with Gasteiger partial charge in [-0.15, -0.1) is 11.3 Å². The number of hydrogen-bond acceptors (Lipinski definition) is 4. The normalized spacial score (nSPS) is 13.8. The fourth-order valence-electron chi connectivity index (χ4n) is 2.60. The van der Waals surface area contributed by atoms with Gasteiger partial charge in [-0.2, -0.15) is 0 Å². The molecular formula is C15H19N3OS. The van der Waals surface area contributed by atoms with Crippen molar-refractivity contribution in [3.63, 3.8) is 0 Å². The lowest BCUT2D eigenvalue weighted by molar-refractivity contribution is 0.575. The average Bonchev–Trinajstić information content (AvgIpc) is 2.97.